The molecule has 0 aliphatic rings. The van der Waals surface area contributed by atoms with Crippen molar-refractivity contribution in [2.75, 3.05) is 20.1 Å². The van der Waals surface area contributed by atoms with Crippen LogP contribution >= 0.6 is 0 Å². The highest BCUT2D eigenvalue weighted by Crippen LogP contribution is 2.14. The van der Waals surface area contributed by atoms with E-state index >= 15 is 0 Å². The molecule has 1 rings (SSSR count). The Morgan fingerprint density at radius 3 is 2.41 bits per heavy atom. The summed E-state index contributed by atoms with van der Waals surface area (Å²) in [6.07, 6.45) is 0.627. The molecule has 0 saturated heterocycles. The molecule has 0 aliphatic carbocycles. The first-order chi connectivity index (χ1) is 7.99. The number of aliphatic hydroxyl groups excluding tert-OH is 1. The number of benzene rings is 1. The van der Waals surface area contributed by atoms with E-state index in [0.29, 0.717) is 6.54 Å². The molecular formula is C14H24N2O. The van der Waals surface area contributed by atoms with E-state index in [0.717, 1.165) is 13.0 Å². The summed E-state index contributed by atoms with van der Waals surface area (Å²) in [7, 11) is 2.01. The molecule has 96 valence electrons. The summed E-state index contributed by atoms with van der Waals surface area (Å²) in [5.41, 5.74) is 8.57. The summed E-state index contributed by atoms with van der Waals surface area (Å²) in [6, 6.07) is 8.44. The number of likely N-dealkylation sites (N-methyl/N-ethyl adjacent to an activating group) is 1. The molecular weight excluding hydrogens is 212 g/mol. The molecule has 0 radical (unpaired) electrons. The van der Waals surface area contributed by atoms with E-state index in [1.807, 2.05) is 7.05 Å². The number of aryl methyl sites for hydroxylation is 1. The molecule has 3 nitrogen and oxygen atoms in total. The Morgan fingerprint density at radius 1 is 1.29 bits per heavy atom. The molecule has 1 aromatic rings. The van der Waals surface area contributed by atoms with Crippen LogP contribution in [0.2, 0.25) is 0 Å². The number of hydrogen-bond donors (Lipinski definition) is 2. The Morgan fingerprint density at radius 2 is 1.88 bits per heavy atom. The lowest BCUT2D eigenvalue weighted by atomic mass is 10.0. The summed E-state index contributed by atoms with van der Waals surface area (Å²) in [5, 5.41) is 9.26. The monoisotopic (exact) mass is 236 g/mol. The molecule has 17 heavy (non-hydrogen) atoms. The molecule has 2 atom stereocenters. The van der Waals surface area contributed by atoms with Gasteiger partial charge in [-0.2, -0.15) is 0 Å². The van der Waals surface area contributed by atoms with Gasteiger partial charge in [0.2, 0.25) is 0 Å². The van der Waals surface area contributed by atoms with E-state index in [4.69, 9.17) is 5.73 Å². The van der Waals surface area contributed by atoms with Crippen LogP contribution < -0.4 is 5.73 Å². The van der Waals surface area contributed by atoms with Gasteiger partial charge in [0, 0.05) is 12.6 Å². The van der Waals surface area contributed by atoms with Gasteiger partial charge in [0.05, 0.1) is 6.10 Å². The van der Waals surface area contributed by atoms with Crippen molar-refractivity contribution in [2.45, 2.75) is 32.4 Å². The van der Waals surface area contributed by atoms with Crippen molar-refractivity contribution in [1.29, 1.82) is 0 Å². The van der Waals surface area contributed by atoms with Gasteiger partial charge in [-0.3, -0.25) is 0 Å². The number of hydrogen-bond acceptors (Lipinski definition) is 3. The molecule has 0 heterocycles. The third-order valence-electron chi connectivity index (χ3n) is 2.90. The molecule has 1 aromatic carbocycles. The van der Waals surface area contributed by atoms with Gasteiger partial charge in [0.15, 0.2) is 0 Å². The molecule has 0 bridgehead atoms. The van der Waals surface area contributed by atoms with Crippen LogP contribution in [0.1, 0.15) is 30.5 Å². The lowest BCUT2D eigenvalue weighted by molar-refractivity contribution is 0.139. The highest BCUT2D eigenvalue weighted by molar-refractivity contribution is 5.23. The fraction of sp³-hybridized carbons (Fsp3) is 0.571. The van der Waals surface area contributed by atoms with Crippen molar-refractivity contribution in [3.63, 3.8) is 0 Å². The molecule has 0 saturated carbocycles. The summed E-state index contributed by atoms with van der Waals surface area (Å²) >= 11 is 0. The first-order valence-electron chi connectivity index (χ1n) is 6.18. The van der Waals surface area contributed by atoms with Crippen LogP contribution in [0.5, 0.6) is 0 Å². The average molecular weight is 236 g/mol. The SMILES string of the molecule is Cc1ccc(C(N)CCN(C)CC(C)O)cc1. The Balaban J connectivity index is 2.39. The topological polar surface area (TPSA) is 49.5 Å². The van der Waals surface area contributed by atoms with Crippen LogP contribution in [0, 0.1) is 6.92 Å². The maximum atomic E-state index is 9.26. The minimum atomic E-state index is -0.282. The third-order valence-corrected chi connectivity index (χ3v) is 2.90. The van der Waals surface area contributed by atoms with Crippen LogP contribution in [0.4, 0.5) is 0 Å². The number of aliphatic hydroxyl groups is 1. The van der Waals surface area contributed by atoms with E-state index in [9.17, 15) is 5.11 Å². The maximum Gasteiger partial charge on any atom is 0.0638 e. The highest BCUT2D eigenvalue weighted by atomic mass is 16.3. The Bertz CT molecular complexity index is 321. The zero-order valence-electron chi connectivity index (χ0n) is 11.1. The minimum Gasteiger partial charge on any atom is -0.392 e. The van der Waals surface area contributed by atoms with Gasteiger partial charge in [0.1, 0.15) is 0 Å². The summed E-state index contributed by atoms with van der Waals surface area (Å²) in [4.78, 5) is 2.11. The molecule has 3 heteroatoms. The predicted octanol–water partition coefficient (Wildman–Crippen LogP) is 1.70. The molecule has 3 N–H and O–H groups in total. The van der Waals surface area contributed by atoms with Gasteiger partial charge in [-0.05, 0) is 39.4 Å². The van der Waals surface area contributed by atoms with Crippen LogP contribution in [-0.2, 0) is 0 Å². The maximum absolute atomic E-state index is 9.26. The smallest absolute Gasteiger partial charge is 0.0638 e. The van der Waals surface area contributed by atoms with Gasteiger partial charge < -0.3 is 15.7 Å². The lowest BCUT2D eigenvalue weighted by Gasteiger charge is -2.20. The van der Waals surface area contributed by atoms with E-state index in [1.165, 1.54) is 11.1 Å². The van der Waals surface area contributed by atoms with Gasteiger partial charge in [-0.25, -0.2) is 0 Å². The number of nitrogens with zero attached hydrogens (tertiary/aromatic N) is 1. The number of nitrogens with two attached hydrogens (primary N) is 1. The number of rotatable bonds is 6. The first kappa shape index (κ1) is 14.2. The van der Waals surface area contributed by atoms with Crippen molar-refractivity contribution in [1.82, 2.24) is 4.90 Å². The van der Waals surface area contributed by atoms with Crippen LogP contribution in [-0.4, -0.2) is 36.2 Å². The second-order valence-corrected chi connectivity index (χ2v) is 4.92. The van der Waals surface area contributed by atoms with Crippen molar-refractivity contribution in [3.05, 3.63) is 35.4 Å². The summed E-state index contributed by atoms with van der Waals surface area (Å²) in [5.74, 6) is 0. The minimum absolute atomic E-state index is 0.0760. The molecule has 0 spiro atoms. The molecule has 0 fully saturated rings. The van der Waals surface area contributed by atoms with Gasteiger partial charge in [-0.15, -0.1) is 0 Å². The third kappa shape index (κ3) is 5.31. The van der Waals surface area contributed by atoms with Gasteiger partial charge in [-0.1, -0.05) is 29.8 Å². The summed E-state index contributed by atoms with van der Waals surface area (Å²) < 4.78 is 0. The highest BCUT2D eigenvalue weighted by Gasteiger charge is 2.08. The second kappa shape index (κ2) is 6.74. The second-order valence-electron chi connectivity index (χ2n) is 4.92. The van der Waals surface area contributed by atoms with Crippen molar-refractivity contribution in [2.24, 2.45) is 5.73 Å². The molecule has 0 amide bonds. The van der Waals surface area contributed by atoms with Gasteiger partial charge in [0.25, 0.3) is 0 Å². The van der Waals surface area contributed by atoms with Crippen LogP contribution in [0.15, 0.2) is 24.3 Å². The fourth-order valence-corrected chi connectivity index (χ4v) is 1.88. The van der Waals surface area contributed by atoms with E-state index < -0.39 is 0 Å². The zero-order valence-corrected chi connectivity index (χ0v) is 11.1. The summed E-state index contributed by atoms with van der Waals surface area (Å²) in [6.45, 7) is 5.47. The van der Waals surface area contributed by atoms with E-state index in [-0.39, 0.29) is 12.1 Å². The molecule has 0 aliphatic heterocycles. The van der Waals surface area contributed by atoms with E-state index in [1.54, 1.807) is 6.92 Å². The Hall–Kier alpha value is -0.900. The first-order valence-corrected chi connectivity index (χ1v) is 6.18. The lowest BCUT2D eigenvalue weighted by Crippen LogP contribution is -2.30. The molecule has 2 unspecified atom stereocenters. The van der Waals surface area contributed by atoms with Crippen LogP contribution in [0.3, 0.4) is 0 Å². The Labute approximate surface area is 104 Å². The largest absolute Gasteiger partial charge is 0.392 e. The van der Waals surface area contributed by atoms with E-state index in [2.05, 4.69) is 36.1 Å². The molecule has 0 aromatic heterocycles. The van der Waals surface area contributed by atoms with Crippen molar-refractivity contribution >= 4 is 0 Å². The zero-order chi connectivity index (χ0) is 12.8. The van der Waals surface area contributed by atoms with Crippen molar-refractivity contribution < 1.29 is 5.11 Å². The normalized spacial score (nSPS) is 14.9. The van der Waals surface area contributed by atoms with Crippen molar-refractivity contribution in [3.8, 4) is 0 Å². The quantitative estimate of drug-likeness (QED) is 0.790. The fourth-order valence-electron chi connectivity index (χ4n) is 1.88. The standard InChI is InChI=1S/C14H24N2O/c1-11-4-6-13(7-5-11)14(15)8-9-16(3)10-12(2)17/h4-7,12,14,17H,8-10,15H2,1-3H3. The Kier molecular flexibility index (Phi) is 5.62. The predicted molar refractivity (Wildman–Crippen MR) is 71.9 cm³/mol. The average Bonchev–Trinajstić information content (AvgIpc) is 2.26. The van der Waals surface area contributed by atoms with Crippen LogP contribution in [0.25, 0.3) is 0 Å². The van der Waals surface area contributed by atoms with Gasteiger partial charge >= 0.3 is 0 Å².